The van der Waals surface area contributed by atoms with Crippen LogP contribution in [0.2, 0.25) is 0 Å². The molecule has 0 aromatic rings. The molecule has 2 aliphatic heterocycles. The average molecular weight is 374 g/mol. The lowest BCUT2D eigenvalue weighted by Crippen LogP contribution is -2.65. The molecule has 26 heavy (non-hydrogen) atoms. The fourth-order valence-corrected chi connectivity index (χ4v) is 3.89. The maximum atomic E-state index is 14.9. The number of hydrogen-bond donors (Lipinski definition) is 2. The second-order valence-corrected chi connectivity index (χ2v) is 6.98. The van der Waals surface area contributed by atoms with Crippen molar-refractivity contribution < 1.29 is 32.9 Å². The molecule has 2 heterocycles. The van der Waals surface area contributed by atoms with Gasteiger partial charge in [0.2, 0.25) is 5.91 Å². The number of fused-ring (bicyclic) bond motifs is 2. The van der Waals surface area contributed by atoms with E-state index in [0.717, 1.165) is 6.42 Å². The molecule has 0 aromatic heterocycles. The number of hydrogen-bond acceptors (Lipinski definition) is 6. The fourth-order valence-electron chi connectivity index (χ4n) is 3.89. The van der Waals surface area contributed by atoms with Crippen LogP contribution in [0.25, 0.3) is 0 Å². The van der Waals surface area contributed by atoms with Gasteiger partial charge in [-0.3, -0.25) is 10.1 Å². The summed E-state index contributed by atoms with van der Waals surface area (Å²) in [5, 5.41) is 4.81. The molecule has 6 unspecified atom stereocenters. The molecule has 0 aromatic carbocycles. The van der Waals surface area contributed by atoms with Crippen molar-refractivity contribution in [2.45, 2.75) is 50.3 Å². The Balaban J connectivity index is 1.45. The van der Waals surface area contributed by atoms with E-state index in [1.807, 2.05) is 0 Å². The highest BCUT2D eigenvalue weighted by molar-refractivity contribution is 5.98. The molecule has 3 rings (SSSR count). The molecule has 148 valence electrons. The molecule has 1 aliphatic carbocycles. The van der Waals surface area contributed by atoms with Gasteiger partial charge in [-0.15, -0.1) is 0 Å². The summed E-state index contributed by atoms with van der Waals surface area (Å²) >= 11 is 0. The number of carbonyl (C=O) groups is 2. The summed E-state index contributed by atoms with van der Waals surface area (Å²) in [6, 6.07) is -0.595. The monoisotopic (exact) mass is 374 g/mol. The molecule has 1 saturated carbocycles. The first-order valence-corrected chi connectivity index (χ1v) is 9.19. The number of nitrogens with one attached hydrogen (secondary N) is 2. The Hall–Kier alpha value is -1.29. The van der Waals surface area contributed by atoms with E-state index >= 15 is 0 Å². The zero-order valence-electron chi connectivity index (χ0n) is 14.9. The summed E-state index contributed by atoms with van der Waals surface area (Å²) in [5.74, 6) is -0.841. The van der Waals surface area contributed by atoms with Gasteiger partial charge in [0.25, 0.3) is 0 Å². The number of urea groups is 1. The van der Waals surface area contributed by atoms with Crippen LogP contribution in [-0.2, 0) is 23.7 Å². The van der Waals surface area contributed by atoms with Gasteiger partial charge in [-0.25, -0.2) is 9.18 Å². The van der Waals surface area contributed by atoms with Crippen LogP contribution in [-0.4, -0.2) is 70.1 Å². The van der Waals surface area contributed by atoms with Crippen LogP contribution >= 0.6 is 0 Å². The Morgan fingerprint density at radius 1 is 1.19 bits per heavy atom. The summed E-state index contributed by atoms with van der Waals surface area (Å²) in [5.41, 5.74) is 0. The van der Waals surface area contributed by atoms with Crippen molar-refractivity contribution >= 4 is 11.9 Å². The van der Waals surface area contributed by atoms with Gasteiger partial charge in [0.15, 0.2) is 6.17 Å². The molecule has 9 heteroatoms. The minimum Gasteiger partial charge on any atom is -0.382 e. The first-order valence-electron chi connectivity index (χ1n) is 9.19. The average Bonchev–Trinajstić information content (AvgIpc) is 2.62. The molecule has 0 bridgehead atoms. The smallest absolute Gasteiger partial charge is 0.323 e. The van der Waals surface area contributed by atoms with Crippen molar-refractivity contribution in [3.63, 3.8) is 0 Å². The predicted molar refractivity (Wildman–Crippen MR) is 88.1 cm³/mol. The summed E-state index contributed by atoms with van der Waals surface area (Å²) < 4.78 is 36.6. The van der Waals surface area contributed by atoms with Gasteiger partial charge in [-0.05, 0) is 31.6 Å². The number of ether oxygens (including phenoxy) is 4. The molecule has 3 aliphatic rings. The zero-order valence-corrected chi connectivity index (χ0v) is 14.9. The van der Waals surface area contributed by atoms with E-state index in [4.69, 9.17) is 18.9 Å². The lowest BCUT2D eigenvalue weighted by Gasteiger charge is -2.47. The predicted octanol–water partition coefficient (Wildman–Crippen LogP) is 0.743. The third kappa shape index (κ3) is 4.51. The maximum Gasteiger partial charge on any atom is 0.323 e. The molecule has 3 amide bonds. The number of alkyl halides is 1. The molecular weight excluding hydrogens is 347 g/mol. The molecule has 8 nitrogen and oxygen atoms in total. The first kappa shape index (κ1) is 19.5. The standard InChI is InChI=1S/C17H27FN2O6/c1-23-7-8-24-5-2-6-25-12-4-3-10-9-11-15(21)19-17(22)20-16(11)26-14(10)13(12)18/h10-14,16H,2-9H2,1H3,(H2,19,20,21,22). The molecule has 2 saturated heterocycles. The number of imide groups is 1. The summed E-state index contributed by atoms with van der Waals surface area (Å²) in [6.45, 7) is 2.04. The van der Waals surface area contributed by atoms with Crippen LogP contribution in [0.4, 0.5) is 9.18 Å². The van der Waals surface area contributed by atoms with Gasteiger partial charge in [0.1, 0.15) is 6.23 Å². The third-order valence-corrected chi connectivity index (χ3v) is 5.23. The van der Waals surface area contributed by atoms with E-state index in [9.17, 15) is 14.0 Å². The SMILES string of the molecule is COCCOCCCOC1CCC2CC3C(=O)NC(=O)NC3OC2C1F. The van der Waals surface area contributed by atoms with E-state index in [1.165, 1.54) is 0 Å². The maximum absolute atomic E-state index is 14.9. The zero-order chi connectivity index (χ0) is 18.5. The fraction of sp³-hybridized carbons (Fsp3) is 0.882. The Morgan fingerprint density at radius 3 is 2.85 bits per heavy atom. The molecule has 0 radical (unpaired) electrons. The lowest BCUT2D eigenvalue weighted by molar-refractivity contribution is -0.197. The number of halogens is 1. The quantitative estimate of drug-likeness (QED) is 0.609. The first-order chi connectivity index (χ1) is 12.6. The number of amides is 3. The second kappa shape index (κ2) is 9.07. The minimum atomic E-state index is -1.27. The van der Waals surface area contributed by atoms with Crippen LogP contribution in [0.5, 0.6) is 0 Å². The van der Waals surface area contributed by atoms with Gasteiger partial charge in [-0.1, -0.05) is 0 Å². The molecule has 3 fully saturated rings. The summed E-state index contributed by atoms with van der Waals surface area (Å²) in [7, 11) is 1.62. The second-order valence-electron chi connectivity index (χ2n) is 6.98. The molecular formula is C17H27FN2O6. The van der Waals surface area contributed by atoms with Crippen LogP contribution < -0.4 is 10.6 Å². The minimum absolute atomic E-state index is 0.0378. The van der Waals surface area contributed by atoms with Gasteiger partial charge in [-0.2, -0.15) is 0 Å². The van der Waals surface area contributed by atoms with Crippen molar-refractivity contribution in [1.29, 1.82) is 0 Å². The van der Waals surface area contributed by atoms with Crippen LogP contribution in [0, 0.1) is 11.8 Å². The van der Waals surface area contributed by atoms with Crippen molar-refractivity contribution in [1.82, 2.24) is 10.6 Å². The van der Waals surface area contributed by atoms with E-state index in [1.54, 1.807) is 7.11 Å². The van der Waals surface area contributed by atoms with Crippen molar-refractivity contribution in [2.75, 3.05) is 33.5 Å². The van der Waals surface area contributed by atoms with Crippen molar-refractivity contribution in [3.8, 4) is 0 Å². The number of rotatable bonds is 8. The molecule has 2 N–H and O–H groups in total. The van der Waals surface area contributed by atoms with Crippen LogP contribution in [0.1, 0.15) is 25.7 Å². The summed E-state index contributed by atoms with van der Waals surface area (Å²) in [6.07, 6.45) is -0.676. The van der Waals surface area contributed by atoms with Gasteiger partial charge in [0, 0.05) is 20.3 Å². The van der Waals surface area contributed by atoms with E-state index < -0.39 is 36.6 Å². The highest BCUT2D eigenvalue weighted by Crippen LogP contribution is 2.41. The van der Waals surface area contributed by atoms with Crippen molar-refractivity contribution in [3.05, 3.63) is 0 Å². The number of carbonyl (C=O) groups excluding carboxylic acids is 2. The summed E-state index contributed by atoms with van der Waals surface area (Å²) in [4.78, 5) is 23.4. The largest absolute Gasteiger partial charge is 0.382 e. The van der Waals surface area contributed by atoms with Gasteiger partial charge in [0.05, 0.1) is 31.3 Å². The van der Waals surface area contributed by atoms with E-state index in [-0.39, 0.29) is 11.8 Å². The van der Waals surface area contributed by atoms with Crippen molar-refractivity contribution in [2.24, 2.45) is 11.8 Å². The van der Waals surface area contributed by atoms with Gasteiger partial charge < -0.3 is 24.3 Å². The van der Waals surface area contributed by atoms with Crippen LogP contribution in [0.15, 0.2) is 0 Å². The van der Waals surface area contributed by atoms with E-state index in [0.29, 0.717) is 45.7 Å². The van der Waals surface area contributed by atoms with Gasteiger partial charge >= 0.3 is 6.03 Å². The molecule has 6 atom stereocenters. The molecule has 0 spiro atoms. The Labute approximate surface area is 152 Å². The van der Waals surface area contributed by atoms with Crippen LogP contribution in [0.3, 0.4) is 0 Å². The topological polar surface area (TPSA) is 95.1 Å². The Bertz CT molecular complexity index is 508. The highest BCUT2D eigenvalue weighted by atomic mass is 19.1. The normalized spacial score (nSPS) is 36.7. The lowest BCUT2D eigenvalue weighted by atomic mass is 9.75. The number of methoxy groups -OCH3 is 1. The highest BCUT2D eigenvalue weighted by Gasteiger charge is 2.51. The van der Waals surface area contributed by atoms with E-state index in [2.05, 4.69) is 10.6 Å². The third-order valence-electron chi connectivity index (χ3n) is 5.23. The Morgan fingerprint density at radius 2 is 2.04 bits per heavy atom. The Kier molecular flexibility index (Phi) is 6.80.